The van der Waals surface area contributed by atoms with Crippen LogP contribution >= 0.6 is 0 Å². The van der Waals surface area contributed by atoms with E-state index >= 15 is 0 Å². The third-order valence-corrected chi connectivity index (χ3v) is 5.79. The molecule has 0 heterocycles. The highest BCUT2D eigenvalue weighted by atomic mass is 19.4. The number of halogens is 3. The van der Waals surface area contributed by atoms with Crippen LogP contribution in [-0.2, 0) is 4.74 Å². The second-order valence-electron chi connectivity index (χ2n) is 7.38. The first kappa shape index (κ1) is 18.1. The van der Waals surface area contributed by atoms with Gasteiger partial charge in [0.1, 0.15) is 0 Å². The van der Waals surface area contributed by atoms with Gasteiger partial charge in [-0.1, -0.05) is 45.4 Å². The Morgan fingerprint density at radius 1 is 0.818 bits per heavy atom. The minimum absolute atomic E-state index is 0.584. The van der Waals surface area contributed by atoms with Crippen molar-refractivity contribution in [2.24, 2.45) is 17.8 Å². The van der Waals surface area contributed by atoms with E-state index in [1.165, 1.54) is 51.4 Å². The minimum atomic E-state index is -4.46. The smallest absolute Gasteiger partial charge is 0.289 e. The molecule has 0 unspecified atom stereocenters. The summed E-state index contributed by atoms with van der Waals surface area (Å²) >= 11 is 0. The van der Waals surface area contributed by atoms with Crippen molar-refractivity contribution in [2.45, 2.75) is 96.4 Å². The van der Waals surface area contributed by atoms with Crippen LogP contribution in [0.15, 0.2) is 0 Å². The van der Waals surface area contributed by atoms with E-state index in [4.69, 9.17) is 0 Å². The van der Waals surface area contributed by atoms with Crippen LogP contribution in [0.1, 0.15) is 84.0 Å². The number of ether oxygens (including phenoxy) is 1. The monoisotopic (exact) mass is 320 g/mol. The van der Waals surface area contributed by atoms with Crippen molar-refractivity contribution in [3.8, 4) is 0 Å². The van der Waals surface area contributed by atoms with E-state index in [-0.39, 0.29) is 0 Å². The zero-order valence-electron chi connectivity index (χ0n) is 13.8. The second kappa shape index (κ2) is 8.56. The molecule has 0 spiro atoms. The Balaban J connectivity index is 1.64. The van der Waals surface area contributed by atoms with Gasteiger partial charge in [-0.25, -0.2) is 0 Å². The van der Waals surface area contributed by atoms with Gasteiger partial charge in [-0.15, -0.1) is 13.2 Å². The molecule has 2 rings (SSSR count). The van der Waals surface area contributed by atoms with Gasteiger partial charge < -0.3 is 0 Å². The summed E-state index contributed by atoms with van der Waals surface area (Å²) in [6.45, 7) is 2.25. The Hall–Kier alpha value is -0.250. The zero-order chi connectivity index (χ0) is 16.0. The van der Waals surface area contributed by atoms with Crippen LogP contribution in [0.3, 0.4) is 0 Å². The molecule has 0 bridgehead atoms. The first-order chi connectivity index (χ1) is 10.5. The fourth-order valence-electron chi connectivity index (χ4n) is 4.50. The fraction of sp³-hybridized carbons (Fsp3) is 1.00. The molecule has 0 saturated heterocycles. The van der Waals surface area contributed by atoms with Crippen molar-refractivity contribution in [3.05, 3.63) is 0 Å². The molecule has 0 aromatic heterocycles. The maximum absolute atomic E-state index is 12.2. The molecule has 2 saturated carbocycles. The van der Waals surface area contributed by atoms with Gasteiger partial charge in [0, 0.05) is 0 Å². The van der Waals surface area contributed by atoms with Crippen molar-refractivity contribution in [1.29, 1.82) is 0 Å². The summed E-state index contributed by atoms with van der Waals surface area (Å²) in [6.07, 6.45) is 8.62. The average Bonchev–Trinajstić information content (AvgIpc) is 2.48. The van der Waals surface area contributed by atoms with Gasteiger partial charge in [0.2, 0.25) is 0 Å². The Labute approximate surface area is 133 Å². The molecule has 0 radical (unpaired) electrons. The lowest BCUT2D eigenvalue weighted by atomic mass is 9.70. The van der Waals surface area contributed by atoms with Gasteiger partial charge in [0.05, 0.1) is 6.10 Å². The molecule has 0 aliphatic heterocycles. The number of hydrogen-bond donors (Lipinski definition) is 0. The SMILES string of the molecule is CCCCCC1CCC(C2CCC(OC(F)(F)F)CC2)CC1. The number of alkyl halides is 3. The van der Waals surface area contributed by atoms with Crippen molar-refractivity contribution < 1.29 is 17.9 Å². The highest BCUT2D eigenvalue weighted by Gasteiger charge is 2.37. The summed E-state index contributed by atoms with van der Waals surface area (Å²) in [6, 6.07) is 0. The van der Waals surface area contributed by atoms with Crippen molar-refractivity contribution >= 4 is 0 Å². The lowest BCUT2D eigenvalue weighted by molar-refractivity contribution is -0.346. The average molecular weight is 320 g/mol. The summed E-state index contributed by atoms with van der Waals surface area (Å²) in [5.41, 5.74) is 0. The quantitative estimate of drug-likeness (QED) is 0.510. The van der Waals surface area contributed by atoms with Crippen LogP contribution in [0.5, 0.6) is 0 Å². The van der Waals surface area contributed by atoms with Crippen molar-refractivity contribution in [1.82, 2.24) is 0 Å². The normalized spacial score (nSPS) is 33.8. The van der Waals surface area contributed by atoms with E-state index in [2.05, 4.69) is 11.7 Å². The lowest BCUT2D eigenvalue weighted by Crippen LogP contribution is -2.31. The predicted molar refractivity (Wildman–Crippen MR) is 82.5 cm³/mol. The Kier molecular flexibility index (Phi) is 7.04. The van der Waals surface area contributed by atoms with E-state index in [1.807, 2.05) is 0 Å². The van der Waals surface area contributed by atoms with Crippen LogP contribution in [0.2, 0.25) is 0 Å². The van der Waals surface area contributed by atoms with Gasteiger partial charge in [0.25, 0.3) is 0 Å². The molecule has 0 aromatic rings. The number of hydrogen-bond acceptors (Lipinski definition) is 1. The van der Waals surface area contributed by atoms with E-state index in [0.717, 1.165) is 24.7 Å². The molecule has 0 aromatic carbocycles. The third-order valence-electron chi connectivity index (χ3n) is 5.79. The molecule has 2 fully saturated rings. The Morgan fingerprint density at radius 3 is 1.86 bits per heavy atom. The molecule has 1 nitrogen and oxygen atoms in total. The second-order valence-corrected chi connectivity index (χ2v) is 7.38. The van der Waals surface area contributed by atoms with E-state index in [9.17, 15) is 13.2 Å². The largest absolute Gasteiger partial charge is 0.522 e. The number of rotatable bonds is 6. The molecular formula is C18H31F3O. The molecular weight excluding hydrogens is 289 g/mol. The minimum Gasteiger partial charge on any atom is -0.289 e. The standard InChI is InChI=1S/C18H31F3O/c1-2-3-4-5-14-6-8-15(9-7-14)16-10-12-17(13-11-16)22-18(19,20)21/h14-17H,2-13H2,1H3. The van der Waals surface area contributed by atoms with E-state index in [0.29, 0.717) is 18.8 Å². The van der Waals surface area contributed by atoms with Crippen LogP contribution in [0, 0.1) is 17.8 Å². The number of unbranched alkanes of at least 4 members (excludes halogenated alkanes) is 2. The maximum Gasteiger partial charge on any atom is 0.522 e. The van der Waals surface area contributed by atoms with Crippen molar-refractivity contribution in [3.63, 3.8) is 0 Å². The fourth-order valence-corrected chi connectivity index (χ4v) is 4.50. The topological polar surface area (TPSA) is 9.23 Å². The lowest BCUT2D eigenvalue weighted by Gasteiger charge is -2.38. The molecule has 0 N–H and O–H groups in total. The van der Waals surface area contributed by atoms with Gasteiger partial charge in [-0.2, -0.15) is 0 Å². The van der Waals surface area contributed by atoms with Crippen molar-refractivity contribution in [2.75, 3.05) is 0 Å². The predicted octanol–water partition coefficient (Wildman–Crippen LogP) is 6.47. The van der Waals surface area contributed by atoms with E-state index in [1.54, 1.807) is 0 Å². The molecule has 2 aliphatic rings. The molecule has 2 aliphatic carbocycles. The highest BCUT2D eigenvalue weighted by molar-refractivity contribution is 4.82. The van der Waals surface area contributed by atoms with Gasteiger partial charge >= 0.3 is 6.36 Å². The summed E-state index contributed by atoms with van der Waals surface area (Å²) in [5.74, 6) is 2.31. The van der Waals surface area contributed by atoms with Gasteiger partial charge in [-0.3, -0.25) is 4.74 Å². The summed E-state index contributed by atoms with van der Waals surface area (Å²) < 4.78 is 40.9. The molecule has 22 heavy (non-hydrogen) atoms. The molecule has 130 valence electrons. The summed E-state index contributed by atoms with van der Waals surface area (Å²) in [5, 5.41) is 0. The first-order valence-corrected chi connectivity index (χ1v) is 9.22. The Morgan fingerprint density at radius 2 is 1.36 bits per heavy atom. The van der Waals surface area contributed by atoms with Crippen LogP contribution < -0.4 is 0 Å². The Bertz CT molecular complexity index is 300. The van der Waals surface area contributed by atoms with Crippen LogP contribution in [-0.4, -0.2) is 12.5 Å². The van der Waals surface area contributed by atoms with Crippen LogP contribution in [0.4, 0.5) is 13.2 Å². The first-order valence-electron chi connectivity index (χ1n) is 9.22. The van der Waals surface area contributed by atoms with Crippen LogP contribution in [0.25, 0.3) is 0 Å². The summed E-state index contributed by atoms with van der Waals surface area (Å²) in [7, 11) is 0. The molecule has 0 atom stereocenters. The van der Waals surface area contributed by atoms with Gasteiger partial charge in [-0.05, 0) is 56.3 Å². The summed E-state index contributed by atoms with van der Waals surface area (Å²) in [4.78, 5) is 0. The van der Waals surface area contributed by atoms with Gasteiger partial charge in [0.15, 0.2) is 0 Å². The molecule has 4 heteroatoms. The maximum atomic E-state index is 12.2. The zero-order valence-corrected chi connectivity index (χ0v) is 13.8. The third kappa shape index (κ3) is 6.10. The van der Waals surface area contributed by atoms with E-state index < -0.39 is 12.5 Å². The molecule has 0 amide bonds. The highest BCUT2D eigenvalue weighted by Crippen LogP contribution is 2.42.